The third kappa shape index (κ3) is 5.44. The SMILES string of the molecule is CC(C)CNC(=O)c1ccccc1NC(=O)Cc1ccc(N2CCCC2=O)cc1. The van der Waals surface area contributed by atoms with Gasteiger partial charge in [0.1, 0.15) is 0 Å². The van der Waals surface area contributed by atoms with E-state index in [1.165, 1.54) is 0 Å². The molecule has 152 valence electrons. The molecule has 6 heteroatoms. The van der Waals surface area contributed by atoms with E-state index < -0.39 is 0 Å². The summed E-state index contributed by atoms with van der Waals surface area (Å²) in [7, 11) is 0. The van der Waals surface area contributed by atoms with Crippen molar-refractivity contribution in [1.29, 1.82) is 0 Å². The Balaban J connectivity index is 1.62. The summed E-state index contributed by atoms with van der Waals surface area (Å²) in [6.07, 6.45) is 1.66. The van der Waals surface area contributed by atoms with E-state index in [0.717, 1.165) is 24.2 Å². The van der Waals surface area contributed by atoms with Crippen LogP contribution >= 0.6 is 0 Å². The number of para-hydroxylation sites is 1. The first-order valence-electron chi connectivity index (χ1n) is 10.0. The van der Waals surface area contributed by atoms with Gasteiger partial charge in [-0.15, -0.1) is 0 Å². The fourth-order valence-electron chi connectivity index (χ4n) is 3.28. The van der Waals surface area contributed by atoms with Gasteiger partial charge in [-0.2, -0.15) is 0 Å². The van der Waals surface area contributed by atoms with Crippen LogP contribution in [0, 0.1) is 5.92 Å². The average Bonchev–Trinajstić information content (AvgIpc) is 3.13. The number of anilines is 2. The molecule has 0 radical (unpaired) electrons. The van der Waals surface area contributed by atoms with E-state index >= 15 is 0 Å². The minimum absolute atomic E-state index is 0.142. The molecular formula is C23H27N3O3. The maximum absolute atomic E-state index is 12.5. The highest BCUT2D eigenvalue weighted by Crippen LogP contribution is 2.22. The van der Waals surface area contributed by atoms with Crippen molar-refractivity contribution in [3.63, 3.8) is 0 Å². The molecule has 0 atom stereocenters. The number of carbonyl (C=O) groups excluding carboxylic acids is 3. The minimum Gasteiger partial charge on any atom is -0.352 e. The zero-order chi connectivity index (χ0) is 20.8. The van der Waals surface area contributed by atoms with E-state index in [2.05, 4.69) is 10.6 Å². The molecule has 0 bridgehead atoms. The molecule has 1 heterocycles. The Labute approximate surface area is 171 Å². The van der Waals surface area contributed by atoms with Crippen molar-refractivity contribution in [3.05, 3.63) is 59.7 Å². The van der Waals surface area contributed by atoms with E-state index in [4.69, 9.17) is 0 Å². The smallest absolute Gasteiger partial charge is 0.253 e. The lowest BCUT2D eigenvalue weighted by atomic mass is 10.1. The van der Waals surface area contributed by atoms with E-state index in [-0.39, 0.29) is 24.1 Å². The van der Waals surface area contributed by atoms with Crippen LogP contribution in [0.1, 0.15) is 42.6 Å². The molecule has 2 N–H and O–H groups in total. The fourth-order valence-corrected chi connectivity index (χ4v) is 3.28. The third-order valence-corrected chi connectivity index (χ3v) is 4.80. The van der Waals surface area contributed by atoms with Gasteiger partial charge in [-0.25, -0.2) is 0 Å². The zero-order valence-corrected chi connectivity index (χ0v) is 16.9. The summed E-state index contributed by atoms with van der Waals surface area (Å²) >= 11 is 0. The van der Waals surface area contributed by atoms with Crippen molar-refractivity contribution in [1.82, 2.24) is 5.32 Å². The third-order valence-electron chi connectivity index (χ3n) is 4.80. The first kappa shape index (κ1) is 20.6. The summed E-state index contributed by atoms with van der Waals surface area (Å²) in [4.78, 5) is 38.5. The minimum atomic E-state index is -0.200. The molecule has 0 aromatic heterocycles. The van der Waals surface area contributed by atoms with E-state index in [0.29, 0.717) is 30.1 Å². The lowest BCUT2D eigenvalue weighted by Crippen LogP contribution is -2.28. The Morgan fingerprint density at radius 1 is 1.07 bits per heavy atom. The van der Waals surface area contributed by atoms with Gasteiger partial charge < -0.3 is 15.5 Å². The molecule has 0 aliphatic carbocycles. The summed E-state index contributed by atoms with van der Waals surface area (Å²) < 4.78 is 0. The Morgan fingerprint density at radius 2 is 1.79 bits per heavy atom. The maximum atomic E-state index is 12.5. The quantitative estimate of drug-likeness (QED) is 0.757. The number of amides is 3. The van der Waals surface area contributed by atoms with Gasteiger partial charge in [0.2, 0.25) is 11.8 Å². The van der Waals surface area contributed by atoms with Crippen LogP contribution < -0.4 is 15.5 Å². The molecular weight excluding hydrogens is 366 g/mol. The summed E-state index contributed by atoms with van der Waals surface area (Å²) in [5, 5.41) is 5.72. The molecule has 0 saturated carbocycles. The van der Waals surface area contributed by atoms with Gasteiger partial charge in [0.05, 0.1) is 17.7 Å². The largest absolute Gasteiger partial charge is 0.352 e. The molecule has 1 fully saturated rings. The fraction of sp³-hybridized carbons (Fsp3) is 0.348. The van der Waals surface area contributed by atoms with Crippen molar-refractivity contribution in [2.24, 2.45) is 5.92 Å². The highest BCUT2D eigenvalue weighted by molar-refractivity contribution is 6.04. The van der Waals surface area contributed by atoms with Crippen LogP contribution in [0.2, 0.25) is 0 Å². The van der Waals surface area contributed by atoms with Gasteiger partial charge in [0.15, 0.2) is 0 Å². The average molecular weight is 393 g/mol. The molecule has 0 unspecified atom stereocenters. The van der Waals surface area contributed by atoms with Gasteiger partial charge in [-0.05, 0) is 42.2 Å². The lowest BCUT2D eigenvalue weighted by molar-refractivity contribution is -0.117. The highest BCUT2D eigenvalue weighted by atomic mass is 16.2. The predicted octanol–water partition coefficient (Wildman–Crippen LogP) is 3.38. The molecule has 29 heavy (non-hydrogen) atoms. The summed E-state index contributed by atoms with van der Waals surface area (Å²) in [6, 6.07) is 14.5. The maximum Gasteiger partial charge on any atom is 0.253 e. The van der Waals surface area contributed by atoms with Gasteiger partial charge in [0.25, 0.3) is 5.91 Å². The topological polar surface area (TPSA) is 78.5 Å². The number of hydrogen-bond acceptors (Lipinski definition) is 3. The van der Waals surface area contributed by atoms with Crippen LogP contribution in [0.25, 0.3) is 0 Å². The first-order chi connectivity index (χ1) is 13.9. The van der Waals surface area contributed by atoms with Crippen LogP contribution in [0.5, 0.6) is 0 Å². The Morgan fingerprint density at radius 3 is 2.45 bits per heavy atom. The number of nitrogens with one attached hydrogen (secondary N) is 2. The van der Waals surface area contributed by atoms with E-state index in [1.807, 2.05) is 38.1 Å². The van der Waals surface area contributed by atoms with Crippen LogP contribution in [-0.2, 0) is 16.0 Å². The monoisotopic (exact) mass is 393 g/mol. The number of nitrogens with zero attached hydrogens (tertiary/aromatic N) is 1. The van der Waals surface area contributed by atoms with Crippen molar-refractivity contribution in [3.8, 4) is 0 Å². The molecule has 6 nitrogen and oxygen atoms in total. The van der Waals surface area contributed by atoms with Crippen LogP contribution in [-0.4, -0.2) is 30.8 Å². The van der Waals surface area contributed by atoms with Crippen molar-refractivity contribution >= 4 is 29.1 Å². The summed E-state index contributed by atoms with van der Waals surface area (Å²) in [5.41, 5.74) is 2.66. The van der Waals surface area contributed by atoms with Crippen molar-refractivity contribution in [2.45, 2.75) is 33.1 Å². The molecule has 1 aliphatic rings. The summed E-state index contributed by atoms with van der Waals surface area (Å²) in [6.45, 7) is 5.37. The Hall–Kier alpha value is -3.15. The first-order valence-corrected chi connectivity index (χ1v) is 10.0. The second-order valence-corrected chi connectivity index (χ2v) is 7.69. The van der Waals surface area contributed by atoms with Gasteiger partial charge in [-0.3, -0.25) is 14.4 Å². The van der Waals surface area contributed by atoms with E-state index in [9.17, 15) is 14.4 Å². The second kappa shape index (κ2) is 9.37. The molecule has 1 aliphatic heterocycles. The van der Waals surface area contributed by atoms with Crippen molar-refractivity contribution in [2.75, 3.05) is 23.3 Å². The lowest BCUT2D eigenvalue weighted by Gasteiger charge is -2.16. The molecule has 2 aromatic carbocycles. The number of benzene rings is 2. The summed E-state index contributed by atoms with van der Waals surface area (Å²) in [5.74, 6) is 0.0933. The number of carbonyl (C=O) groups is 3. The van der Waals surface area contributed by atoms with Gasteiger partial charge in [0, 0.05) is 25.2 Å². The Kier molecular flexibility index (Phi) is 6.65. The second-order valence-electron chi connectivity index (χ2n) is 7.69. The number of rotatable bonds is 7. The van der Waals surface area contributed by atoms with Gasteiger partial charge >= 0.3 is 0 Å². The van der Waals surface area contributed by atoms with E-state index in [1.54, 1.807) is 29.2 Å². The molecule has 3 rings (SSSR count). The van der Waals surface area contributed by atoms with Crippen LogP contribution in [0.4, 0.5) is 11.4 Å². The standard InChI is InChI=1S/C23H27N3O3/c1-16(2)15-24-23(29)19-6-3-4-7-20(19)25-21(27)14-17-9-11-18(12-10-17)26-13-5-8-22(26)28/h3-4,6-7,9-12,16H,5,8,13-15H2,1-2H3,(H,24,29)(H,25,27). The van der Waals surface area contributed by atoms with Crippen LogP contribution in [0.3, 0.4) is 0 Å². The van der Waals surface area contributed by atoms with Gasteiger partial charge in [-0.1, -0.05) is 38.1 Å². The molecule has 0 spiro atoms. The molecule has 1 saturated heterocycles. The van der Waals surface area contributed by atoms with Crippen molar-refractivity contribution < 1.29 is 14.4 Å². The highest BCUT2D eigenvalue weighted by Gasteiger charge is 2.21. The molecule has 3 amide bonds. The predicted molar refractivity (Wildman–Crippen MR) is 114 cm³/mol. The normalized spacial score (nSPS) is 13.6. The zero-order valence-electron chi connectivity index (χ0n) is 16.9. The molecule has 2 aromatic rings. The van der Waals surface area contributed by atoms with Crippen LogP contribution in [0.15, 0.2) is 48.5 Å². The number of hydrogen-bond donors (Lipinski definition) is 2. The Bertz CT molecular complexity index is 890.